The van der Waals surface area contributed by atoms with Crippen LogP contribution < -0.4 is 5.32 Å². The minimum Gasteiger partial charge on any atom is -0.298 e. The van der Waals surface area contributed by atoms with Crippen molar-refractivity contribution in [3.8, 4) is 11.3 Å². The normalized spacial score (nSPS) is 11.0. The number of nitrogens with one attached hydrogen (secondary N) is 1. The molecule has 0 saturated carbocycles. The van der Waals surface area contributed by atoms with Crippen LogP contribution in [0.15, 0.2) is 52.7 Å². The summed E-state index contributed by atoms with van der Waals surface area (Å²) < 4.78 is 0. The number of amides is 1. The first-order valence-electron chi connectivity index (χ1n) is 7.91. The Bertz CT molecular complexity index is 941. The van der Waals surface area contributed by atoms with E-state index in [1.54, 1.807) is 30.0 Å². The fraction of sp³-hybridized carbons (Fsp3) is 0.158. The van der Waals surface area contributed by atoms with Gasteiger partial charge in [-0.15, -0.1) is 23.1 Å². The van der Waals surface area contributed by atoms with Gasteiger partial charge in [-0.25, -0.2) is 4.98 Å². The molecule has 7 heteroatoms. The summed E-state index contributed by atoms with van der Waals surface area (Å²) in [6, 6.07) is 12.8. The summed E-state index contributed by atoms with van der Waals surface area (Å²) in [6.45, 7) is 4.24. The average Bonchev–Trinajstić information content (AvgIpc) is 3.02. The largest absolute Gasteiger partial charge is 0.298 e. The van der Waals surface area contributed by atoms with Crippen LogP contribution in [0.3, 0.4) is 0 Å². The third-order valence-electron chi connectivity index (χ3n) is 3.40. The minimum atomic E-state index is -0.181. The maximum Gasteiger partial charge on any atom is 0.257 e. The predicted molar refractivity (Wildman–Crippen MR) is 113 cm³/mol. The second kappa shape index (κ2) is 8.44. The number of hydrogen-bond donors (Lipinski definition) is 1. The highest BCUT2D eigenvalue weighted by Crippen LogP contribution is 2.32. The Balaban J connectivity index is 1.76. The first-order chi connectivity index (χ1) is 12.4. The third kappa shape index (κ3) is 4.80. The van der Waals surface area contributed by atoms with Crippen molar-refractivity contribution in [1.82, 2.24) is 4.98 Å². The molecular weight excluding hydrogens is 407 g/mol. The van der Waals surface area contributed by atoms with Crippen molar-refractivity contribution in [3.63, 3.8) is 0 Å². The molecular formula is C19H16Cl2N2OS2. The molecule has 3 aromatic rings. The van der Waals surface area contributed by atoms with Crippen LogP contribution in [0.5, 0.6) is 0 Å². The van der Waals surface area contributed by atoms with Gasteiger partial charge in [0, 0.05) is 31.7 Å². The lowest BCUT2D eigenvalue weighted by Gasteiger charge is -2.07. The van der Waals surface area contributed by atoms with Crippen LogP contribution >= 0.6 is 46.3 Å². The van der Waals surface area contributed by atoms with E-state index in [-0.39, 0.29) is 5.91 Å². The summed E-state index contributed by atoms with van der Waals surface area (Å²) in [6.07, 6.45) is 0. The van der Waals surface area contributed by atoms with Gasteiger partial charge in [-0.1, -0.05) is 43.1 Å². The van der Waals surface area contributed by atoms with Crippen molar-refractivity contribution in [2.24, 2.45) is 0 Å². The molecule has 26 heavy (non-hydrogen) atoms. The van der Waals surface area contributed by atoms with E-state index in [2.05, 4.69) is 24.1 Å². The van der Waals surface area contributed by atoms with E-state index in [1.165, 1.54) is 11.3 Å². The predicted octanol–water partition coefficient (Wildman–Crippen LogP) is 6.87. The molecule has 1 amide bonds. The van der Waals surface area contributed by atoms with E-state index in [0.717, 1.165) is 10.5 Å². The van der Waals surface area contributed by atoms with Crippen molar-refractivity contribution in [1.29, 1.82) is 0 Å². The standard InChI is InChI=1S/C19H16Cl2N2OS2/c1-11(2)26-14-5-3-4-12(8-14)18(24)23-19-22-17(10-25-19)15-7-6-13(20)9-16(15)21/h3-11H,1-2H3,(H,22,23,24). The Hall–Kier alpha value is -1.53. The van der Waals surface area contributed by atoms with Gasteiger partial charge in [-0.05, 0) is 36.4 Å². The number of hydrogen-bond acceptors (Lipinski definition) is 4. The summed E-state index contributed by atoms with van der Waals surface area (Å²) in [7, 11) is 0. The number of nitrogens with zero attached hydrogens (tertiary/aromatic N) is 1. The van der Waals surface area contributed by atoms with E-state index in [9.17, 15) is 4.79 Å². The second-order valence-corrected chi connectivity index (χ2v) is 9.16. The molecule has 0 aliphatic heterocycles. The Morgan fingerprint density at radius 3 is 2.73 bits per heavy atom. The zero-order chi connectivity index (χ0) is 18.7. The van der Waals surface area contributed by atoms with E-state index >= 15 is 0 Å². The first-order valence-corrected chi connectivity index (χ1v) is 10.4. The van der Waals surface area contributed by atoms with Crippen LogP contribution in [-0.4, -0.2) is 16.1 Å². The third-order valence-corrected chi connectivity index (χ3v) is 5.70. The van der Waals surface area contributed by atoms with Gasteiger partial charge in [-0.2, -0.15) is 0 Å². The van der Waals surface area contributed by atoms with Gasteiger partial charge in [0.2, 0.25) is 0 Å². The molecule has 3 nitrogen and oxygen atoms in total. The molecule has 0 atom stereocenters. The maximum absolute atomic E-state index is 12.5. The number of thioether (sulfide) groups is 1. The van der Waals surface area contributed by atoms with E-state index in [4.69, 9.17) is 23.2 Å². The molecule has 0 aliphatic rings. The number of carbonyl (C=O) groups excluding carboxylic acids is 1. The van der Waals surface area contributed by atoms with Crippen LogP contribution in [0, 0.1) is 0 Å². The number of carbonyl (C=O) groups is 1. The smallest absolute Gasteiger partial charge is 0.257 e. The van der Waals surface area contributed by atoms with Crippen molar-refractivity contribution >= 4 is 57.3 Å². The SMILES string of the molecule is CC(C)Sc1cccc(C(=O)Nc2nc(-c3ccc(Cl)cc3Cl)cs2)c1. The van der Waals surface area contributed by atoms with Crippen molar-refractivity contribution < 1.29 is 4.79 Å². The molecule has 0 bridgehead atoms. The molecule has 3 rings (SSSR count). The number of benzene rings is 2. The molecule has 0 aliphatic carbocycles. The van der Waals surface area contributed by atoms with Gasteiger partial charge < -0.3 is 0 Å². The maximum atomic E-state index is 12.5. The summed E-state index contributed by atoms with van der Waals surface area (Å²) >= 11 is 15.2. The lowest BCUT2D eigenvalue weighted by Crippen LogP contribution is -2.11. The zero-order valence-corrected chi connectivity index (χ0v) is 17.3. The summed E-state index contributed by atoms with van der Waals surface area (Å²) in [5.41, 5.74) is 2.09. The number of anilines is 1. The molecule has 0 saturated heterocycles. The van der Waals surface area contributed by atoms with E-state index < -0.39 is 0 Å². The Labute approximate surface area is 170 Å². The van der Waals surface area contributed by atoms with Crippen LogP contribution in [0.4, 0.5) is 5.13 Å². The molecule has 1 heterocycles. The Kier molecular flexibility index (Phi) is 6.24. The van der Waals surface area contributed by atoms with Gasteiger partial charge in [0.25, 0.3) is 5.91 Å². The first kappa shape index (κ1) is 19.2. The van der Waals surface area contributed by atoms with E-state index in [0.29, 0.717) is 31.7 Å². The summed E-state index contributed by atoms with van der Waals surface area (Å²) in [4.78, 5) is 18.0. The number of rotatable bonds is 5. The second-order valence-electron chi connectivity index (χ2n) is 5.81. The molecule has 1 aromatic heterocycles. The van der Waals surface area contributed by atoms with Gasteiger partial charge in [-0.3, -0.25) is 10.1 Å². The summed E-state index contributed by atoms with van der Waals surface area (Å²) in [5.74, 6) is -0.181. The molecule has 2 aromatic carbocycles. The molecule has 0 spiro atoms. The lowest BCUT2D eigenvalue weighted by molar-refractivity contribution is 0.102. The quantitative estimate of drug-likeness (QED) is 0.456. The Morgan fingerprint density at radius 2 is 2.00 bits per heavy atom. The number of aromatic nitrogens is 1. The highest BCUT2D eigenvalue weighted by molar-refractivity contribution is 7.99. The van der Waals surface area contributed by atoms with E-state index in [1.807, 2.05) is 29.6 Å². The van der Waals surface area contributed by atoms with Gasteiger partial charge in [0.1, 0.15) is 0 Å². The minimum absolute atomic E-state index is 0.181. The van der Waals surface area contributed by atoms with Gasteiger partial charge in [0.15, 0.2) is 5.13 Å². The van der Waals surface area contributed by atoms with Crippen LogP contribution in [0.25, 0.3) is 11.3 Å². The van der Waals surface area contributed by atoms with Crippen molar-refractivity contribution in [3.05, 3.63) is 63.5 Å². The number of thiazole rings is 1. The molecule has 134 valence electrons. The van der Waals surface area contributed by atoms with Crippen LogP contribution in [0.1, 0.15) is 24.2 Å². The van der Waals surface area contributed by atoms with Gasteiger partial charge >= 0.3 is 0 Å². The molecule has 1 N–H and O–H groups in total. The average molecular weight is 423 g/mol. The van der Waals surface area contributed by atoms with Crippen LogP contribution in [0.2, 0.25) is 10.0 Å². The van der Waals surface area contributed by atoms with Crippen LogP contribution in [-0.2, 0) is 0 Å². The van der Waals surface area contributed by atoms with Crippen molar-refractivity contribution in [2.45, 2.75) is 24.0 Å². The molecule has 0 fully saturated rings. The van der Waals surface area contributed by atoms with Crippen molar-refractivity contribution in [2.75, 3.05) is 5.32 Å². The fourth-order valence-electron chi connectivity index (χ4n) is 2.30. The van der Waals surface area contributed by atoms with Gasteiger partial charge in [0.05, 0.1) is 10.7 Å². The highest BCUT2D eigenvalue weighted by atomic mass is 35.5. The number of halogens is 2. The monoisotopic (exact) mass is 422 g/mol. The fourth-order valence-corrected chi connectivity index (χ4v) is 4.41. The zero-order valence-electron chi connectivity index (χ0n) is 14.1. The lowest BCUT2D eigenvalue weighted by atomic mass is 10.2. The topological polar surface area (TPSA) is 42.0 Å². The summed E-state index contributed by atoms with van der Waals surface area (Å²) in [5, 5.41) is 6.79. The Morgan fingerprint density at radius 1 is 1.19 bits per heavy atom. The highest BCUT2D eigenvalue weighted by Gasteiger charge is 2.13. The molecule has 0 unspecified atom stereocenters. The molecule has 0 radical (unpaired) electrons.